The predicted octanol–water partition coefficient (Wildman–Crippen LogP) is 3.63. The quantitative estimate of drug-likeness (QED) is 0.358. The number of thiophene rings is 1. The van der Waals surface area contributed by atoms with E-state index in [2.05, 4.69) is 57.7 Å². The van der Waals surface area contributed by atoms with Gasteiger partial charge in [-0.1, -0.05) is 0 Å². The Labute approximate surface area is 181 Å². The lowest BCUT2D eigenvalue weighted by atomic mass is 10.1. The Balaban J connectivity index is 0.00000243. The summed E-state index contributed by atoms with van der Waals surface area (Å²) in [5, 5.41) is 10.1. The third kappa shape index (κ3) is 5.90. The zero-order valence-electron chi connectivity index (χ0n) is 15.6. The van der Waals surface area contributed by atoms with Crippen LogP contribution in [0.1, 0.15) is 34.2 Å². The van der Waals surface area contributed by atoms with Crippen molar-refractivity contribution in [1.29, 1.82) is 0 Å². The summed E-state index contributed by atoms with van der Waals surface area (Å²) in [5.41, 5.74) is 1.50. The van der Waals surface area contributed by atoms with Crippen LogP contribution >= 0.6 is 46.7 Å². The Hall–Kier alpha value is -0.710. The molecule has 3 rings (SSSR count). The first kappa shape index (κ1) is 21.6. The molecule has 1 unspecified atom stereocenters. The van der Waals surface area contributed by atoms with Crippen LogP contribution in [0.3, 0.4) is 0 Å². The van der Waals surface area contributed by atoms with Crippen LogP contribution < -0.4 is 10.6 Å². The second-order valence-electron chi connectivity index (χ2n) is 6.38. The van der Waals surface area contributed by atoms with Gasteiger partial charge in [0.2, 0.25) is 0 Å². The van der Waals surface area contributed by atoms with Crippen molar-refractivity contribution in [2.45, 2.75) is 46.3 Å². The molecule has 8 heteroatoms. The van der Waals surface area contributed by atoms with Gasteiger partial charge in [-0.05, 0) is 44.2 Å². The summed E-state index contributed by atoms with van der Waals surface area (Å²) in [6.45, 7) is 11.0. The molecule has 0 amide bonds. The first-order chi connectivity index (χ1) is 12.2. The van der Waals surface area contributed by atoms with Crippen LogP contribution in [0.15, 0.2) is 22.6 Å². The standard InChI is InChI=1S/C18H27N5S2.HI/c1-4-19-18(22-11-17-20-10-14(3)25-17)21-9-13(2)23-7-5-16-15(12-23)6-8-24-16;/h6,8,10,13H,4-5,7,9,11-12H2,1-3H3,(H2,19,21,22);1H. The highest BCUT2D eigenvalue weighted by molar-refractivity contribution is 14.0. The number of hydrogen-bond donors (Lipinski definition) is 2. The number of aromatic nitrogens is 1. The Morgan fingerprint density at radius 1 is 1.42 bits per heavy atom. The normalized spacial score (nSPS) is 15.9. The molecule has 1 aliphatic rings. The molecule has 0 spiro atoms. The van der Waals surface area contributed by atoms with Gasteiger partial charge in [0, 0.05) is 48.2 Å². The lowest BCUT2D eigenvalue weighted by Crippen LogP contribution is -2.47. The van der Waals surface area contributed by atoms with E-state index in [0.29, 0.717) is 12.6 Å². The number of aryl methyl sites for hydroxylation is 1. The Morgan fingerprint density at radius 2 is 2.27 bits per heavy atom. The molecule has 0 aromatic carbocycles. The van der Waals surface area contributed by atoms with E-state index >= 15 is 0 Å². The third-order valence-corrected chi connectivity index (χ3v) is 6.33. The molecule has 2 aromatic rings. The zero-order valence-corrected chi connectivity index (χ0v) is 19.6. The Bertz CT molecular complexity index is 712. The Morgan fingerprint density at radius 3 is 3.00 bits per heavy atom. The fourth-order valence-corrected chi connectivity index (χ4v) is 4.58. The van der Waals surface area contributed by atoms with Crippen molar-refractivity contribution in [3.63, 3.8) is 0 Å². The topological polar surface area (TPSA) is 52.6 Å². The summed E-state index contributed by atoms with van der Waals surface area (Å²) < 4.78 is 0. The molecule has 0 bridgehead atoms. The number of aliphatic imine (C=N–C) groups is 1. The molecule has 0 saturated carbocycles. The molecule has 0 radical (unpaired) electrons. The monoisotopic (exact) mass is 505 g/mol. The summed E-state index contributed by atoms with van der Waals surface area (Å²) in [6, 6.07) is 2.74. The molecular formula is C18H28IN5S2. The van der Waals surface area contributed by atoms with Crippen LogP contribution in [-0.2, 0) is 19.5 Å². The fraction of sp³-hybridized carbons (Fsp3) is 0.556. The van der Waals surface area contributed by atoms with Crippen molar-refractivity contribution < 1.29 is 0 Å². The maximum Gasteiger partial charge on any atom is 0.191 e. The number of rotatable bonds is 6. The fourth-order valence-electron chi connectivity index (χ4n) is 2.98. The predicted molar refractivity (Wildman–Crippen MR) is 123 cm³/mol. The third-order valence-electron chi connectivity index (χ3n) is 4.41. The molecular weight excluding hydrogens is 477 g/mol. The number of nitrogens with one attached hydrogen (secondary N) is 2. The lowest BCUT2D eigenvalue weighted by molar-refractivity contribution is 0.192. The van der Waals surface area contributed by atoms with E-state index in [-0.39, 0.29) is 24.0 Å². The highest BCUT2D eigenvalue weighted by Crippen LogP contribution is 2.24. The van der Waals surface area contributed by atoms with Crippen LogP contribution in [0.5, 0.6) is 0 Å². The number of guanidine groups is 1. The van der Waals surface area contributed by atoms with Crippen LogP contribution in [-0.4, -0.2) is 41.5 Å². The molecule has 1 atom stereocenters. The number of thiazole rings is 1. The first-order valence-corrected chi connectivity index (χ1v) is 10.6. The SMILES string of the molecule is CCNC(=NCc1ncc(C)s1)NCC(C)N1CCc2sccc2C1.I. The summed E-state index contributed by atoms with van der Waals surface area (Å²) in [6.07, 6.45) is 3.09. The molecule has 26 heavy (non-hydrogen) atoms. The van der Waals surface area contributed by atoms with Crippen molar-refractivity contribution in [3.8, 4) is 0 Å². The molecule has 144 valence electrons. The molecule has 1 aliphatic heterocycles. The maximum atomic E-state index is 4.67. The van der Waals surface area contributed by atoms with Crippen molar-refractivity contribution in [2.24, 2.45) is 4.99 Å². The summed E-state index contributed by atoms with van der Waals surface area (Å²) >= 11 is 3.60. The smallest absolute Gasteiger partial charge is 0.191 e. The van der Waals surface area contributed by atoms with E-state index in [1.54, 1.807) is 16.2 Å². The van der Waals surface area contributed by atoms with E-state index in [4.69, 9.17) is 0 Å². The van der Waals surface area contributed by atoms with E-state index in [1.807, 2.05) is 17.5 Å². The number of hydrogen-bond acceptors (Lipinski definition) is 5. The summed E-state index contributed by atoms with van der Waals surface area (Å²) in [7, 11) is 0. The van der Waals surface area contributed by atoms with Gasteiger partial charge in [-0.25, -0.2) is 9.98 Å². The largest absolute Gasteiger partial charge is 0.357 e. The highest BCUT2D eigenvalue weighted by atomic mass is 127. The van der Waals surface area contributed by atoms with Crippen LogP contribution in [0.25, 0.3) is 0 Å². The molecule has 0 fully saturated rings. The van der Waals surface area contributed by atoms with Crippen LogP contribution in [0.4, 0.5) is 0 Å². The van der Waals surface area contributed by atoms with Gasteiger partial charge in [0.25, 0.3) is 0 Å². The number of fused-ring (bicyclic) bond motifs is 1. The maximum absolute atomic E-state index is 4.67. The molecule has 3 heterocycles. The van der Waals surface area contributed by atoms with Gasteiger partial charge in [-0.15, -0.1) is 46.7 Å². The molecule has 2 N–H and O–H groups in total. The van der Waals surface area contributed by atoms with Crippen LogP contribution in [0.2, 0.25) is 0 Å². The van der Waals surface area contributed by atoms with E-state index in [9.17, 15) is 0 Å². The number of nitrogens with zero attached hydrogens (tertiary/aromatic N) is 3. The van der Waals surface area contributed by atoms with Crippen molar-refractivity contribution in [3.05, 3.63) is 38.0 Å². The van der Waals surface area contributed by atoms with Gasteiger partial charge in [0.05, 0.1) is 6.54 Å². The van der Waals surface area contributed by atoms with E-state index in [0.717, 1.165) is 37.1 Å². The average Bonchev–Trinajstić information content (AvgIpc) is 3.24. The van der Waals surface area contributed by atoms with Gasteiger partial charge in [-0.2, -0.15) is 0 Å². The van der Waals surface area contributed by atoms with Gasteiger partial charge in [0.1, 0.15) is 5.01 Å². The zero-order chi connectivity index (χ0) is 17.6. The van der Waals surface area contributed by atoms with Gasteiger partial charge in [-0.3, -0.25) is 4.90 Å². The van der Waals surface area contributed by atoms with Gasteiger partial charge >= 0.3 is 0 Å². The van der Waals surface area contributed by atoms with E-state index in [1.165, 1.54) is 16.9 Å². The minimum Gasteiger partial charge on any atom is -0.357 e. The van der Waals surface area contributed by atoms with Crippen LogP contribution in [0, 0.1) is 6.92 Å². The second-order valence-corrected chi connectivity index (χ2v) is 8.70. The lowest BCUT2D eigenvalue weighted by Gasteiger charge is -2.32. The summed E-state index contributed by atoms with van der Waals surface area (Å²) in [4.78, 5) is 14.4. The minimum absolute atomic E-state index is 0. The van der Waals surface area contributed by atoms with Gasteiger partial charge < -0.3 is 10.6 Å². The highest BCUT2D eigenvalue weighted by Gasteiger charge is 2.21. The van der Waals surface area contributed by atoms with Gasteiger partial charge in [0.15, 0.2) is 5.96 Å². The molecule has 5 nitrogen and oxygen atoms in total. The van der Waals surface area contributed by atoms with Crippen molar-refractivity contribution >= 4 is 52.6 Å². The number of halogens is 1. The van der Waals surface area contributed by atoms with E-state index < -0.39 is 0 Å². The minimum atomic E-state index is 0. The molecule has 2 aromatic heterocycles. The second kappa shape index (κ2) is 10.6. The average molecular weight is 505 g/mol. The first-order valence-electron chi connectivity index (χ1n) is 8.88. The molecule has 0 aliphatic carbocycles. The Kier molecular flexibility index (Phi) is 8.78. The molecule has 0 saturated heterocycles. The summed E-state index contributed by atoms with van der Waals surface area (Å²) in [5.74, 6) is 0.871. The van der Waals surface area contributed by atoms with Crippen molar-refractivity contribution in [1.82, 2.24) is 20.5 Å². The van der Waals surface area contributed by atoms with Crippen molar-refractivity contribution in [2.75, 3.05) is 19.6 Å².